The summed E-state index contributed by atoms with van der Waals surface area (Å²) >= 11 is 0. The van der Waals surface area contributed by atoms with Gasteiger partial charge in [0.15, 0.2) is 0 Å². The van der Waals surface area contributed by atoms with E-state index < -0.39 is 13.3 Å². The average Bonchev–Trinajstić information content (AvgIpc) is 2.71. The SMILES string of the molecule is CCOP(=O)(OCC)C(F)(F)C1=COCC1. The van der Waals surface area contributed by atoms with Crippen LogP contribution in [0.4, 0.5) is 8.78 Å². The smallest absolute Gasteiger partial charge is 0.404 e. The molecule has 0 aromatic heterocycles. The van der Waals surface area contributed by atoms with Crippen molar-refractivity contribution in [3.63, 3.8) is 0 Å². The summed E-state index contributed by atoms with van der Waals surface area (Å²) in [6.07, 6.45) is 0.974. The zero-order valence-electron chi connectivity index (χ0n) is 9.24. The van der Waals surface area contributed by atoms with Crippen LogP contribution in [-0.4, -0.2) is 25.5 Å². The monoisotopic (exact) mass is 256 g/mol. The Kier molecular flexibility index (Phi) is 4.47. The van der Waals surface area contributed by atoms with Gasteiger partial charge in [0.05, 0.1) is 26.1 Å². The van der Waals surface area contributed by atoms with Gasteiger partial charge in [-0.15, -0.1) is 0 Å². The maximum Gasteiger partial charge on any atom is 0.404 e. The topological polar surface area (TPSA) is 44.8 Å². The third kappa shape index (κ3) is 2.44. The fraction of sp³-hybridized carbons (Fsp3) is 0.778. The van der Waals surface area contributed by atoms with E-state index in [-0.39, 0.29) is 31.8 Å². The fourth-order valence-electron chi connectivity index (χ4n) is 1.32. The highest BCUT2D eigenvalue weighted by Gasteiger charge is 2.56. The van der Waals surface area contributed by atoms with Crippen LogP contribution in [0.2, 0.25) is 0 Å². The summed E-state index contributed by atoms with van der Waals surface area (Å²) in [5.74, 6) is 0. The van der Waals surface area contributed by atoms with Gasteiger partial charge >= 0.3 is 13.3 Å². The average molecular weight is 256 g/mol. The summed E-state index contributed by atoms with van der Waals surface area (Å²) in [6, 6.07) is 0. The largest absolute Gasteiger partial charge is 0.501 e. The summed E-state index contributed by atoms with van der Waals surface area (Å²) in [4.78, 5) is 0. The molecular weight excluding hydrogens is 241 g/mol. The molecule has 1 heterocycles. The second kappa shape index (κ2) is 5.25. The summed E-state index contributed by atoms with van der Waals surface area (Å²) in [5, 5.41) is 0. The van der Waals surface area contributed by atoms with Crippen LogP contribution in [0.25, 0.3) is 0 Å². The summed E-state index contributed by atoms with van der Waals surface area (Å²) in [5.41, 5.74) is -3.95. The number of halogens is 2. The van der Waals surface area contributed by atoms with E-state index in [0.717, 1.165) is 6.26 Å². The van der Waals surface area contributed by atoms with Crippen LogP contribution in [0.5, 0.6) is 0 Å². The zero-order valence-corrected chi connectivity index (χ0v) is 10.1. The minimum absolute atomic E-state index is 0.0388. The van der Waals surface area contributed by atoms with Crippen molar-refractivity contribution in [2.45, 2.75) is 25.9 Å². The van der Waals surface area contributed by atoms with E-state index in [1.54, 1.807) is 0 Å². The lowest BCUT2D eigenvalue weighted by Crippen LogP contribution is -2.22. The predicted molar refractivity (Wildman–Crippen MR) is 54.5 cm³/mol. The number of rotatable bonds is 6. The standard InChI is InChI=1S/C9H15F2O4P/c1-3-14-16(12,15-4-2)9(10,11)8-5-6-13-7-8/h7H,3-6H2,1-2H3. The van der Waals surface area contributed by atoms with E-state index in [4.69, 9.17) is 4.74 Å². The molecule has 0 aromatic rings. The highest BCUT2D eigenvalue weighted by molar-refractivity contribution is 7.55. The van der Waals surface area contributed by atoms with E-state index in [2.05, 4.69) is 9.05 Å². The molecular formula is C9H15F2O4P. The van der Waals surface area contributed by atoms with Crippen molar-refractivity contribution < 1.29 is 27.1 Å². The molecule has 1 aliphatic heterocycles. The van der Waals surface area contributed by atoms with E-state index >= 15 is 0 Å². The Bertz CT molecular complexity index is 307. The van der Waals surface area contributed by atoms with Crippen molar-refractivity contribution in [2.75, 3.05) is 19.8 Å². The Morgan fingerprint density at radius 1 is 1.44 bits per heavy atom. The van der Waals surface area contributed by atoms with Gasteiger partial charge in [0.25, 0.3) is 0 Å². The van der Waals surface area contributed by atoms with Crippen LogP contribution < -0.4 is 0 Å². The van der Waals surface area contributed by atoms with Crippen LogP contribution in [0, 0.1) is 0 Å². The van der Waals surface area contributed by atoms with Gasteiger partial charge in [0.2, 0.25) is 0 Å². The molecule has 0 spiro atoms. The Morgan fingerprint density at radius 3 is 2.38 bits per heavy atom. The number of ether oxygens (including phenoxy) is 1. The lowest BCUT2D eigenvalue weighted by atomic mass is 10.2. The fourth-order valence-corrected chi connectivity index (χ4v) is 2.92. The van der Waals surface area contributed by atoms with Gasteiger partial charge in [0, 0.05) is 12.0 Å². The molecule has 0 N–H and O–H groups in total. The third-order valence-corrected chi connectivity index (χ3v) is 4.21. The normalized spacial score (nSPS) is 17.1. The van der Waals surface area contributed by atoms with Gasteiger partial charge in [-0.25, -0.2) is 0 Å². The van der Waals surface area contributed by atoms with Gasteiger partial charge in [-0.2, -0.15) is 8.78 Å². The van der Waals surface area contributed by atoms with Crippen molar-refractivity contribution in [2.24, 2.45) is 0 Å². The molecule has 0 atom stereocenters. The van der Waals surface area contributed by atoms with Crippen molar-refractivity contribution in [1.29, 1.82) is 0 Å². The van der Waals surface area contributed by atoms with E-state index in [1.165, 1.54) is 13.8 Å². The second-order valence-corrected chi connectivity index (χ2v) is 5.21. The molecule has 0 unspecified atom stereocenters. The van der Waals surface area contributed by atoms with E-state index in [0.29, 0.717) is 0 Å². The quantitative estimate of drug-likeness (QED) is 0.685. The van der Waals surface area contributed by atoms with Crippen molar-refractivity contribution in [1.82, 2.24) is 0 Å². The molecule has 0 bridgehead atoms. The predicted octanol–water partition coefficient (Wildman–Crippen LogP) is 3.15. The molecule has 7 heteroatoms. The minimum Gasteiger partial charge on any atom is -0.501 e. The number of hydrogen-bond acceptors (Lipinski definition) is 4. The molecule has 0 amide bonds. The molecule has 16 heavy (non-hydrogen) atoms. The van der Waals surface area contributed by atoms with Crippen molar-refractivity contribution >= 4 is 7.60 Å². The van der Waals surface area contributed by atoms with Gasteiger partial charge in [-0.05, 0) is 13.8 Å². The Morgan fingerprint density at radius 2 is 2.00 bits per heavy atom. The van der Waals surface area contributed by atoms with Crippen LogP contribution in [0.1, 0.15) is 20.3 Å². The first-order valence-corrected chi connectivity index (χ1v) is 6.60. The summed E-state index contributed by atoms with van der Waals surface area (Å²) in [6.45, 7) is 2.95. The van der Waals surface area contributed by atoms with Crippen LogP contribution in [-0.2, 0) is 18.3 Å². The molecule has 0 saturated carbocycles. The molecule has 0 saturated heterocycles. The Balaban J connectivity index is 2.95. The second-order valence-electron chi connectivity index (χ2n) is 3.14. The van der Waals surface area contributed by atoms with Crippen molar-refractivity contribution in [3.05, 3.63) is 11.8 Å². The first-order valence-electron chi connectivity index (χ1n) is 5.06. The van der Waals surface area contributed by atoms with E-state index in [9.17, 15) is 13.3 Å². The molecule has 4 nitrogen and oxygen atoms in total. The molecule has 1 rings (SSSR count). The van der Waals surface area contributed by atoms with Crippen LogP contribution >= 0.6 is 7.60 Å². The first kappa shape index (κ1) is 13.6. The Labute approximate surface area is 93.1 Å². The van der Waals surface area contributed by atoms with Gasteiger partial charge in [0.1, 0.15) is 0 Å². The number of hydrogen-bond donors (Lipinski definition) is 0. The molecule has 0 aromatic carbocycles. The maximum atomic E-state index is 13.9. The Hall–Kier alpha value is -0.450. The lowest BCUT2D eigenvalue weighted by molar-refractivity contribution is 0.0680. The minimum atomic E-state index is -4.45. The molecule has 0 fully saturated rings. The zero-order chi connectivity index (χ0) is 12.2. The van der Waals surface area contributed by atoms with Crippen molar-refractivity contribution in [3.8, 4) is 0 Å². The van der Waals surface area contributed by atoms with Crippen LogP contribution in [0.15, 0.2) is 11.8 Å². The molecule has 1 aliphatic rings. The van der Waals surface area contributed by atoms with Gasteiger partial charge in [-0.3, -0.25) is 4.57 Å². The van der Waals surface area contributed by atoms with Gasteiger partial charge in [-0.1, -0.05) is 0 Å². The lowest BCUT2D eigenvalue weighted by Gasteiger charge is -2.25. The first-order chi connectivity index (χ1) is 7.48. The van der Waals surface area contributed by atoms with Gasteiger partial charge < -0.3 is 13.8 Å². The summed E-state index contributed by atoms with van der Waals surface area (Å²) < 4.78 is 53.7. The third-order valence-electron chi connectivity index (χ3n) is 2.04. The van der Waals surface area contributed by atoms with E-state index in [1.807, 2.05) is 0 Å². The highest BCUT2D eigenvalue weighted by atomic mass is 31.2. The molecule has 0 aliphatic carbocycles. The number of alkyl halides is 2. The maximum absolute atomic E-state index is 13.9. The molecule has 94 valence electrons. The molecule has 0 radical (unpaired) electrons. The highest BCUT2D eigenvalue weighted by Crippen LogP contribution is 2.65. The van der Waals surface area contributed by atoms with Crippen LogP contribution in [0.3, 0.4) is 0 Å². The summed E-state index contributed by atoms with van der Waals surface area (Å²) in [7, 11) is -4.45.